The molecule has 0 bridgehead atoms. The van der Waals surface area contributed by atoms with Crippen LogP contribution in [0, 0.1) is 0 Å². The first-order valence-electron chi connectivity index (χ1n) is 6.35. The van der Waals surface area contributed by atoms with E-state index in [4.69, 9.17) is 14.7 Å². The summed E-state index contributed by atoms with van der Waals surface area (Å²) in [4.78, 5) is 0. The summed E-state index contributed by atoms with van der Waals surface area (Å²) in [5.41, 5.74) is 2.06. The van der Waals surface area contributed by atoms with Crippen LogP contribution in [0.4, 0.5) is 0 Å². The molecule has 0 saturated carbocycles. The molecule has 0 heterocycles. The SMILES string of the molecule is OB(O)Oc1cccc2cccc(-c3ccccc3)c12. The zero-order valence-electron chi connectivity index (χ0n) is 10.7. The molecule has 0 unspecified atom stereocenters. The van der Waals surface area contributed by atoms with Crippen LogP contribution in [-0.4, -0.2) is 17.4 Å². The molecule has 3 aromatic rings. The zero-order chi connectivity index (χ0) is 13.9. The van der Waals surface area contributed by atoms with Crippen LogP contribution in [0.15, 0.2) is 66.7 Å². The van der Waals surface area contributed by atoms with Gasteiger partial charge in [-0.1, -0.05) is 60.7 Å². The number of rotatable bonds is 3. The number of hydrogen-bond acceptors (Lipinski definition) is 3. The zero-order valence-corrected chi connectivity index (χ0v) is 10.7. The summed E-state index contributed by atoms with van der Waals surface area (Å²) in [5.74, 6) is 0.456. The second-order valence-electron chi connectivity index (χ2n) is 4.47. The Morgan fingerprint density at radius 3 is 2.15 bits per heavy atom. The van der Waals surface area contributed by atoms with Crippen molar-refractivity contribution in [2.45, 2.75) is 0 Å². The highest BCUT2D eigenvalue weighted by molar-refractivity contribution is 6.34. The summed E-state index contributed by atoms with van der Waals surface area (Å²) in [7, 11) is -1.83. The van der Waals surface area contributed by atoms with Gasteiger partial charge in [-0.15, -0.1) is 0 Å². The van der Waals surface area contributed by atoms with E-state index in [9.17, 15) is 0 Å². The fourth-order valence-corrected chi connectivity index (χ4v) is 2.38. The van der Waals surface area contributed by atoms with E-state index in [0.29, 0.717) is 5.75 Å². The summed E-state index contributed by atoms with van der Waals surface area (Å²) in [6.07, 6.45) is 0. The van der Waals surface area contributed by atoms with Gasteiger partial charge in [-0.3, -0.25) is 0 Å². The summed E-state index contributed by atoms with van der Waals surface area (Å²) in [5, 5.41) is 20.0. The van der Waals surface area contributed by atoms with Crippen molar-refractivity contribution in [3.8, 4) is 16.9 Å². The molecule has 4 heteroatoms. The van der Waals surface area contributed by atoms with Crippen LogP contribution in [0.5, 0.6) is 5.75 Å². The van der Waals surface area contributed by atoms with E-state index in [1.54, 1.807) is 6.07 Å². The van der Waals surface area contributed by atoms with Crippen molar-refractivity contribution < 1.29 is 14.7 Å². The Morgan fingerprint density at radius 1 is 0.750 bits per heavy atom. The summed E-state index contributed by atoms with van der Waals surface area (Å²) < 4.78 is 5.10. The lowest BCUT2D eigenvalue weighted by Gasteiger charge is -2.12. The second-order valence-corrected chi connectivity index (χ2v) is 4.47. The van der Waals surface area contributed by atoms with Crippen molar-refractivity contribution in [1.82, 2.24) is 0 Å². The molecule has 0 aliphatic heterocycles. The molecule has 0 atom stereocenters. The quantitative estimate of drug-likeness (QED) is 0.715. The van der Waals surface area contributed by atoms with Crippen molar-refractivity contribution in [2.75, 3.05) is 0 Å². The van der Waals surface area contributed by atoms with Gasteiger partial charge in [-0.25, -0.2) is 0 Å². The average molecular weight is 264 g/mol. The molecule has 0 saturated heterocycles. The van der Waals surface area contributed by atoms with Gasteiger partial charge in [-0.05, 0) is 22.6 Å². The van der Waals surface area contributed by atoms with Crippen molar-refractivity contribution in [3.63, 3.8) is 0 Å². The molecule has 98 valence electrons. The Balaban J connectivity index is 2.27. The van der Waals surface area contributed by atoms with Gasteiger partial charge in [0.2, 0.25) is 0 Å². The van der Waals surface area contributed by atoms with Gasteiger partial charge in [0.05, 0.1) is 0 Å². The van der Waals surface area contributed by atoms with Gasteiger partial charge in [-0.2, -0.15) is 0 Å². The van der Waals surface area contributed by atoms with E-state index in [1.807, 2.05) is 60.7 Å². The number of benzene rings is 3. The smallest absolute Gasteiger partial charge is 0.511 e. The van der Waals surface area contributed by atoms with Gasteiger partial charge in [0.1, 0.15) is 5.75 Å². The largest absolute Gasteiger partial charge is 0.707 e. The maximum atomic E-state index is 9.06. The monoisotopic (exact) mass is 264 g/mol. The summed E-state index contributed by atoms with van der Waals surface area (Å²) in [6, 6.07) is 21.4. The van der Waals surface area contributed by atoms with Crippen molar-refractivity contribution >= 4 is 18.1 Å². The third kappa shape index (κ3) is 2.39. The molecule has 3 rings (SSSR count). The third-order valence-corrected chi connectivity index (χ3v) is 3.18. The summed E-state index contributed by atoms with van der Waals surface area (Å²) in [6.45, 7) is 0. The van der Waals surface area contributed by atoms with Gasteiger partial charge >= 0.3 is 7.32 Å². The molecular weight excluding hydrogens is 251 g/mol. The maximum Gasteiger partial charge on any atom is 0.707 e. The molecule has 2 N–H and O–H groups in total. The first-order valence-corrected chi connectivity index (χ1v) is 6.35. The molecule has 0 aliphatic carbocycles. The standard InChI is InChI=1S/C16H13BO3/c18-17(19)20-15-11-5-9-13-8-4-10-14(16(13)15)12-6-2-1-3-7-12/h1-11,18-19H. The topological polar surface area (TPSA) is 49.7 Å². The van der Waals surface area contributed by atoms with E-state index in [0.717, 1.165) is 21.9 Å². The van der Waals surface area contributed by atoms with Crippen LogP contribution >= 0.6 is 0 Å². The van der Waals surface area contributed by atoms with Crippen LogP contribution in [0.25, 0.3) is 21.9 Å². The Hall–Kier alpha value is -2.30. The number of fused-ring (bicyclic) bond motifs is 1. The molecule has 3 nitrogen and oxygen atoms in total. The maximum absolute atomic E-state index is 9.06. The van der Waals surface area contributed by atoms with Crippen molar-refractivity contribution in [1.29, 1.82) is 0 Å². The van der Waals surface area contributed by atoms with E-state index in [1.165, 1.54) is 0 Å². The van der Waals surface area contributed by atoms with Gasteiger partial charge < -0.3 is 14.7 Å². The lowest BCUT2D eigenvalue weighted by Crippen LogP contribution is -2.20. The lowest BCUT2D eigenvalue weighted by atomic mass is 9.97. The predicted molar refractivity (Wildman–Crippen MR) is 80.2 cm³/mol. The predicted octanol–water partition coefficient (Wildman–Crippen LogP) is 2.86. The average Bonchev–Trinajstić information content (AvgIpc) is 2.47. The highest BCUT2D eigenvalue weighted by Gasteiger charge is 2.15. The first-order chi connectivity index (χ1) is 9.75. The van der Waals surface area contributed by atoms with E-state index >= 15 is 0 Å². The molecule has 20 heavy (non-hydrogen) atoms. The fraction of sp³-hybridized carbons (Fsp3) is 0. The lowest BCUT2D eigenvalue weighted by molar-refractivity contribution is 0.289. The highest BCUT2D eigenvalue weighted by Crippen LogP contribution is 2.35. The minimum absolute atomic E-state index is 0.456. The molecule has 0 aliphatic rings. The molecule has 0 spiro atoms. The number of hydrogen-bond donors (Lipinski definition) is 2. The summed E-state index contributed by atoms with van der Waals surface area (Å²) >= 11 is 0. The van der Waals surface area contributed by atoms with Crippen LogP contribution in [-0.2, 0) is 0 Å². The van der Waals surface area contributed by atoms with Crippen LogP contribution in [0.2, 0.25) is 0 Å². The van der Waals surface area contributed by atoms with Gasteiger partial charge in [0.25, 0.3) is 0 Å². The molecule has 0 aromatic heterocycles. The van der Waals surface area contributed by atoms with E-state index < -0.39 is 7.32 Å². The van der Waals surface area contributed by atoms with Crippen LogP contribution in [0.3, 0.4) is 0 Å². The second kappa shape index (κ2) is 5.37. The molecule has 0 fully saturated rings. The Bertz CT molecular complexity index is 721. The fourth-order valence-electron chi connectivity index (χ4n) is 2.38. The van der Waals surface area contributed by atoms with Gasteiger partial charge in [0, 0.05) is 5.39 Å². The molecule has 0 amide bonds. The van der Waals surface area contributed by atoms with Crippen LogP contribution < -0.4 is 4.65 Å². The Morgan fingerprint density at radius 2 is 1.45 bits per heavy atom. The van der Waals surface area contributed by atoms with Crippen LogP contribution in [0.1, 0.15) is 0 Å². The van der Waals surface area contributed by atoms with Crippen molar-refractivity contribution in [2.24, 2.45) is 0 Å². The van der Waals surface area contributed by atoms with Gasteiger partial charge in [0.15, 0.2) is 0 Å². The van der Waals surface area contributed by atoms with E-state index in [2.05, 4.69) is 0 Å². The minimum atomic E-state index is -1.83. The molecule has 0 radical (unpaired) electrons. The van der Waals surface area contributed by atoms with E-state index in [-0.39, 0.29) is 0 Å². The molecule has 3 aromatic carbocycles. The Kier molecular flexibility index (Phi) is 3.42. The normalized spacial score (nSPS) is 10.5. The minimum Gasteiger partial charge on any atom is -0.511 e. The first kappa shape index (κ1) is 12.7. The third-order valence-electron chi connectivity index (χ3n) is 3.18. The molecular formula is C16H13BO3. The Labute approximate surface area is 117 Å². The highest BCUT2D eigenvalue weighted by atomic mass is 16.6. The van der Waals surface area contributed by atoms with Crippen molar-refractivity contribution in [3.05, 3.63) is 66.7 Å².